The van der Waals surface area contributed by atoms with Gasteiger partial charge in [0.15, 0.2) is 14.1 Å². The van der Waals surface area contributed by atoms with E-state index in [-0.39, 0.29) is 23.2 Å². The van der Waals surface area contributed by atoms with Crippen molar-refractivity contribution in [1.29, 1.82) is 0 Å². The fraction of sp³-hybridized carbons (Fsp3) is 0.583. The quantitative estimate of drug-likeness (QED) is 0.180. The molecule has 0 amide bonds. The number of aryl methyl sites for hydroxylation is 1. The number of Topliss-reactive ketones (excluding diaryl/α,β-unsaturated/α-hetero) is 1. The van der Waals surface area contributed by atoms with Gasteiger partial charge in [0.1, 0.15) is 5.75 Å². The van der Waals surface area contributed by atoms with Gasteiger partial charge in [-0.05, 0) is 60.1 Å². The molecule has 0 N–H and O–H groups in total. The minimum absolute atomic E-state index is 0.0395. The van der Waals surface area contributed by atoms with Crippen LogP contribution in [-0.2, 0) is 20.4 Å². The summed E-state index contributed by atoms with van der Waals surface area (Å²) in [5.41, 5.74) is 1.12. The molecule has 172 valence electrons. The summed E-state index contributed by atoms with van der Waals surface area (Å²) < 4.78 is 17.6. The molecule has 0 radical (unpaired) electrons. The molecule has 7 heteroatoms. The first-order valence-corrected chi connectivity index (χ1v) is 14.5. The minimum atomic E-state index is -1.74. The number of ether oxygens (including phenoxy) is 2. The maximum absolute atomic E-state index is 12.6. The molecular formula is C24H36O5SSi. The summed E-state index contributed by atoms with van der Waals surface area (Å²) in [5, 5.41) is 1.23. The van der Waals surface area contributed by atoms with Crippen molar-refractivity contribution < 1.29 is 23.5 Å². The van der Waals surface area contributed by atoms with Gasteiger partial charge in [0.25, 0.3) is 0 Å². The van der Waals surface area contributed by atoms with Crippen molar-refractivity contribution in [3.63, 3.8) is 0 Å². The van der Waals surface area contributed by atoms with E-state index < -0.39 is 14.2 Å². The highest BCUT2D eigenvalue weighted by Crippen LogP contribution is 2.37. The summed E-state index contributed by atoms with van der Waals surface area (Å²) in [7, 11) is 1.27. The van der Waals surface area contributed by atoms with E-state index in [4.69, 9.17) is 13.9 Å². The van der Waals surface area contributed by atoms with E-state index in [2.05, 4.69) is 39.9 Å². The molecule has 5 nitrogen and oxygen atoms in total. The zero-order valence-electron chi connectivity index (χ0n) is 20.1. The van der Waals surface area contributed by atoms with E-state index in [0.717, 1.165) is 40.8 Å². The smallest absolute Gasteiger partial charge is 0.308 e. The number of esters is 1. The molecule has 0 saturated carbocycles. The lowest BCUT2D eigenvalue weighted by Crippen LogP contribution is -2.41. The molecular weight excluding hydrogens is 428 g/mol. The van der Waals surface area contributed by atoms with Gasteiger partial charge in [-0.1, -0.05) is 27.7 Å². The summed E-state index contributed by atoms with van der Waals surface area (Å²) >= 11 is 1.44. The Balaban J connectivity index is 2.11. The van der Waals surface area contributed by atoms with Crippen molar-refractivity contribution in [3.8, 4) is 5.75 Å². The third-order valence-electron chi connectivity index (χ3n) is 6.15. The molecule has 0 saturated heterocycles. The second kappa shape index (κ2) is 10.3. The van der Waals surface area contributed by atoms with Crippen LogP contribution in [0.2, 0.25) is 18.1 Å². The molecule has 1 aromatic heterocycles. The molecule has 0 aliphatic heterocycles. The predicted octanol–water partition coefficient (Wildman–Crippen LogP) is 6.25. The average Bonchev–Trinajstić information content (AvgIpc) is 3.11. The number of rotatable bonds is 10. The highest BCUT2D eigenvalue weighted by molar-refractivity contribution is 7.20. The zero-order valence-corrected chi connectivity index (χ0v) is 21.9. The van der Waals surface area contributed by atoms with Crippen LogP contribution in [0.25, 0.3) is 10.1 Å². The summed E-state index contributed by atoms with van der Waals surface area (Å²) in [6, 6.07) is 6.03. The van der Waals surface area contributed by atoms with Crippen LogP contribution in [0.15, 0.2) is 18.2 Å². The van der Waals surface area contributed by atoms with Crippen molar-refractivity contribution in [2.45, 2.75) is 65.1 Å². The van der Waals surface area contributed by atoms with Crippen molar-refractivity contribution in [1.82, 2.24) is 0 Å². The predicted molar refractivity (Wildman–Crippen MR) is 130 cm³/mol. The van der Waals surface area contributed by atoms with Gasteiger partial charge < -0.3 is 13.9 Å². The van der Waals surface area contributed by atoms with Crippen LogP contribution in [0, 0.1) is 5.92 Å². The van der Waals surface area contributed by atoms with Crippen molar-refractivity contribution in [2.24, 2.45) is 5.92 Å². The van der Waals surface area contributed by atoms with Gasteiger partial charge in [0, 0.05) is 17.7 Å². The Hall–Kier alpha value is -1.70. The van der Waals surface area contributed by atoms with Gasteiger partial charge in [-0.15, -0.1) is 11.3 Å². The Labute approximate surface area is 191 Å². The molecule has 1 aromatic carbocycles. The first kappa shape index (κ1) is 25.6. The Morgan fingerprint density at radius 1 is 1.13 bits per heavy atom. The summed E-state index contributed by atoms with van der Waals surface area (Å²) in [6.07, 6.45) is 1.92. The van der Waals surface area contributed by atoms with Crippen LogP contribution in [0.1, 0.15) is 55.8 Å². The third-order valence-corrected chi connectivity index (χ3v) is 11.8. The molecule has 1 heterocycles. The van der Waals surface area contributed by atoms with E-state index in [9.17, 15) is 9.59 Å². The van der Waals surface area contributed by atoms with Gasteiger partial charge in [-0.2, -0.15) is 0 Å². The van der Waals surface area contributed by atoms with Crippen LogP contribution in [0.4, 0.5) is 0 Å². The van der Waals surface area contributed by atoms with E-state index in [1.807, 2.05) is 12.1 Å². The normalized spacial score (nSPS) is 13.3. The van der Waals surface area contributed by atoms with Crippen LogP contribution in [0.5, 0.6) is 5.75 Å². The van der Waals surface area contributed by atoms with E-state index in [1.54, 1.807) is 14.0 Å². The summed E-state index contributed by atoms with van der Waals surface area (Å²) in [5.74, 6) is -0.0157. The average molecular weight is 465 g/mol. The molecule has 0 fully saturated rings. The second-order valence-electron chi connectivity index (χ2n) is 9.58. The number of hydrogen-bond acceptors (Lipinski definition) is 6. The lowest BCUT2D eigenvalue weighted by molar-refractivity contribution is -0.144. The molecule has 0 spiro atoms. The SMILES string of the molecule is COC(=O)[C@H](C)CC(=O)c1cc2cc(CCCO[Si](C)(C)C(C)(C)C)c(OC)cc2s1. The second-order valence-corrected chi connectivity index (χ2v) is 15.5. The van der Waals surface area contributed by atoms with Gasteiger partial charge in [-0.3, -0.25) is 9.59 Å². The molecule has 0 aliphatic carbocycles. The van der Waals surface area contributed by atoms with E-state index >= 15 is 0 Å². The van der Waals surface area contributed by atoms with Crippen molar-refractivity contribution in [2.75, 3.05) is 20.8 Å². The van der Waals surface area contributed by atoms with E-state index in [1.165, 1.54) is 18.4 Å². The first-order chi connectivity index (χ1) is 14.4. The lowest BCUT2D eigenvalue weighted by atomic mass is 10.0. The van der Waals surface area contributed by atoms with Gasteiger partial charge >= 0.3 is 5.97 Å². The third kappa shape index (κ3) is 6.40. The Morgan fingerprint density at radius 2 is 1.81 bits per heavy atom. The topological polar surface area (TPSA) is 61.8 Å². The standard InChI is InChI=1S/C24H36O5SSi/c1-16(23(26)28-6)12-19(25)22-14-18-13-17(20(27-5)15-21(18)30-22)10-9-11-29-31(7,8)24(2,3)4/h13-16H,9-12H2,1-8H3/t16-/m1/s1. The summed E-state index contributed by atoms with van der Waals surface area (Å²) in [6.45, 7) is 13.7. The Kier molecular flexibility index (Phi) is 8.47. The number of carbonyl (C=O) groups excluding carboxylic acids is 2. The summed E-state index contributed by atoms with van der Waals surface area (Å²) in [4.78, 5) is 24.9. The van der Waals surface area contributed by atoms with Gasteiger partial charge in [0.05, 0.1) is 25.0 Å². The minimum Gasteiger partial charge on any atom is -0.496 e. The molecule has 0 unspecified atom stereocenters. The van der Waals surface area contributed by atoms with Crippen LogP contribution < -0.4 is 4.74 Å². The molecule has 2 aromatic rings. The van der Waals surface area contributed by atoms with Crippen molar-refractivity contribution >= 4 is 41.5 Å². The fourth-order valence-electron chi connectivity index (χ4n) is 3.11. The zero-order chi connectivity index (χ0) is 23.4. The number of methoxy groups -OCH3 is 2. The first-order valence-electron chi connectivity index (χ1n) is 10.7. The molecule has 0 aliphatic rings. The van der Waals surface area contributed by atoms with Crippen LogP contribution >= 0.6 is 11.3 Å². The monoisotopic (exact) mass is 464 g/mol. The van der Waals surface area contributed by atoms with Crippen LogP contribution in [-0.4, -0.2) is 40.9 Å². The maximum atomic E-state index is 12.6. The Morgan fingerprint density at radius 3 is 2.39 bits per heavy atom. The number of fused-ring (bicyclic) bond motifs is 1. The van der Waals surface area contributed by atoms with Crippen LogP contribution in [0.3, 0.4) is 0 Å². The fourth-order valence-corrected chi connectivity index (χ4v) is 5.22. The molecule has 31 heavy (non-hydrogen) atoms. The number of ketones is 1. The van der Waals surface area contributed by atoms with Gasteiger partial charge in [0.2, 0.25) is 0 Å². The molecule has 0 bridgehead atoms. The van der Waals surface area contributed by atoms with Gasteiger partial charge in [-0.25, -0.2) is 0 Å². The Bertz CT molecular complexity index is 926. The van der Waals surface area contributed by atoms with Crippen molar-refractivity contribution in [3.05, 3.63) is 28.6 Å². The number of thiophene rings is 1. The number of carbonyl (C=O) groups is 2. The van der Waals surface area contributed by atoms with E-state index in [0.29, 0.717) is 4.88 Å². The number of benzene rings is 1. The maximum Gasteiger partial charge on any atom is 0.308 e. The molecule has 2 rings (SSSR count). The largest absolute Gasteiger partial charge is 0.496 e. The highest BCUT2D eigenvalue weighted by atomic mass is 32.1. The highest BCUT2D eigenvalue weighted by Gasteiger charge is 2.36. The lowest BCUT2D eigenvalue weighted by Gasteiger charge is -2.36. The number of hydrogen-bond donors (Lipinski definition) is 0. The molecule has 1 atom stereocenters.